The molecule has 1 aliphatic heterocycles. The van der Waals surface area contributed by atoms with Crippen molar-refractivity contribution in [1.29, 1.82) is 0 Å². The molecule has 30 heavy (non-hydrogen) atoms. The normalized spacial score (nSPS) is 16.8. The lowest BCUT2D eigenvalue weighted by atomic mass is 10.1. The highest BCUT2D eigenvalue weighted by Gasteiger charge is 2.31. The average Bonchev–Trinajstić information content (AvgIpc) is 3.16. The van der Waals surface area contributed by atoms with Gasteiger partial charge < -0.3 is 19.4 Å². The summed E-state index contributed by atoms with van der Waals surface area (Å²) in [6.07, 6.45) is 9.66. The van der Waals surface area contributed by atoms with E-state index in [9.17, 15) is 9.36 Å². The van der Waals surface area contributed by atoms with Gasteiger partial charge in [0.2, 0.25) is 5.91 Å². The zero-order valence-electron chi connectivity index (χ0n) is 18.0. The lowest BCUT2D eigenvalue weighted by Crippen LogP contribution is -2.30. The first-order valence-corrected chi connectivity index (χ1v) is 12.6. The van der Waals surface area contributed by atoms with Gasteiger partial charge in [-0.2, -0.15) is 0 Å². The maximum atomic E-state index is 12.3. The molecule has 1 fully saturated rings. The number of amides is 1. The Balaban J connectivity index is 1.60. The third-order valence-electron chi connectivity index (χ3n) is 5.35. The number of carbonyl (C=O) groups excluding carboxylic acids is 1. The number of nitrogens with zero attached hydrogens (tertiary/aromatic N) is 1. The molecule has 1 atom stereocenters. The number of unbranched alkanes of at least 4 members (excludes halogenated alkanes) is 6. The Morgan fingerprint density at radius 3 is 2.43 bits per heavy atom. The van der Waals surface area contributed by atoms with Gasteiger partial charge in [0.1, 0.15) is 5.75 Å². The third-order valence-corrected chi connectivity index (χ3v) is 5.92. The minimum Gasteiger partial charge on any atom is -0.494 e. The van der Waals surface area contributed by atoms with Crippen molar-refractivity contribution in [3.8, 4) is 5.75 Å². The zero-order chi connectivity index (χ0) is 21.8. The minimum atomic E-state index is -4.51. The van der Waals surface area contributed by atoms with Crippen LogP contribution in [-0.4, -0.2) is 46.4 Å². The molecule has 7 nitrogen and oxygen atoms in total. The monoisotopic (exact) mass is 441 g/mol. The molecule has 2 rings (SSSR count). The van der Waals surface area contributed by atoms with Crippen LogP contribution in [-0.2, 0) is 20.3 Å². The van der Waals surface area contributed by atoms with Crippen LogP contribution in [0.15, 0.2) is 24.3 Å². The smallest absolute Gasteiger partial charge is 0.469 e. The molecule has 0 aliphatic carbocycles. The number of carbonyl (C=O) groups is 1. The fraction of sp³-hybridized carbons (Fsp3) is 0.682. The summed E-state index contributed by atoms with van der Waals surface area (Å²) in [4.78, 5) is 31.7. The number of ether oxygens (including phenoxy) is 1. The Labute approximate surface area is 180 Å². The molecule has 1 aliphatic rings. The summed E-state index contributed by atoms with van der Waals surface area (Å²) in [5, 5.41) is 0. The van der Waals surface area contributed by atoms with E-state index in [4.69, 9.17) is 14.5 Å². The van der Waals surface area contributed by atoms with E-state index in [2.05, 4.69) is 11.4 Å². The van der Waals surface area contributed by atoms with E-state index in [0.29, 0.717) is 25.8 Å². The van der Waals surface area contributed by atoms with E-state index in [1.54, 1.807) is 4.90 Å². The molecule has 0 aromatic heterocycles. The Morgan fingerprint density at radius 1 is 1.10 bits per heavy atom. The summed E-state index contributed by atoms with van der Waals surface area (Å²) in [5.41, 5.74) is 1.06. The summed E-state index contributed by atoms with van der Waals surface area (Å²) < 4.78 is 21.4. The number of phosphoric ester groups is 1. The predicted octanol–water partition coefficient (Wildman–Crippen LogP) is 4.46. The van der Waals surface area contributed by atoms with Gasteiger partial charge in [-0.1, -0.05) is 57.6 Å². The number of rotatable bonds is 14. The van der Waals surface area contributed by atoms with Gasteiger partial charge in [0.15, 0.2) is 0 Å². The topological polar surface area (TPSA) is 96.3 Å². The maximum absolute atomic E-state index is 12.3. The van der Waals surface area contributed by atoms with Crippen LogP contribution in [0.25, 0.3) is 0 Å². The van der Waals surface area contributed by atoms with Crippen LogP contribution >= 0.6 is 7.82 Å². The first-order valence-electron chi connectivity index (χ1n) is 11.1. The molecule has 0 radical (unpaired) electrons. The van der Waals surface area contributed by atoms with E-state index in [1.165, 1.54) is 38.5 Å². The summed E-state index contributed by atoms with van der Waals surface area (Å²) in [5.74, 6) is 0.833. The number of hydrogen-bond donors (Lipinski definition) is 2. The van der Waals surface area contributed by atoms with Crippen molar-refractivity contribution < 1.29 is 28.4 Å². The number of hydrogen-bond acceptors (Lipinski definition) is 4. The molecule has 1 aromatic rings. The van der Waals surface area contributed by atoms with E-state index in [1.807, 2.05) is 24.3 Å². The lowest BCUT2D eigenvalue weighted by Gasteiger charge is -2.17. The molecule has 1 unspecified atom stereocenters. The van der Waals surface area contributed by atoms with E-state index in [-0.39, 0.29) is 12.5 Å². The van der Waals surface area contributed by atoms with E-state index in [0.717, 1.165) is 24.3 Å². The molecule has 1 aromatic carbocycles. The minimum absolute atomic E-state index is 0.0222. The molecule has 1 amide bonds. The van der Waals surface area contributed by atoms with Crippen molar-refractivity contribution in [2.24, 2.45) is 0 Å². The van der Waals surface area contributed by atoms with Gasteiger partial charge in [-0.3, -0.25) is 9.32 Å². The van der Waals surface area contributed by atoms with Gasteiger partial charge >= 0.3 is 7.82 Å². The zero-order valence-corrected chi connectivity index (χ0v) is 18.9. The predicted molar refractivity (Wildman–Crippen MR) is 116 cm³/mol. The number of aryl methyl sites for hydroxylation is 1. The summed E-state index contributed by atoms with van der Waals surface area (Å²) in [6, 6.07) is 7.86. The second-order valence-electron chi connectivity index (χ2n) is 7.96. The second kappa shape index (κ2) is 13.1. The molecule has 0 saturated carbocycles. The van der Waals surface area contributed by atoms with Crippen LogP contribution in [0.5, 0.6) is 5.75 Å². The quantitative estimate of drug-likeness (QED) is 0.327. The van der Waals surface area contributed by atoms with Gasteiger partial charge in [-0.25, -0.2) is 4.57 Å². The molecule has 1 saturated heterocycles. The van der Waals surface area contributed by atoms with Gasteiger partial charge in [0.25, 0.3) is 0 Å². The molecular weight excluding hydrogens is 405 g/mol. The summed E-state index contributed by atoms with van der Waals surface area (Å²) >= 11 is 0. The number of likely N-dealkylation sites (tertiary alicyclic amines) is 1. The van der Waals surface area contributed by atoms with Gasteiger partial charge in [-0.05, 0) is 37.0 Å². The van der Waals surface area contributed by atoms with E-state index >= 15 is 0 Å². The number of benzene rings is 1. The van der Waals surface area contributed by atoms with E-state index < -0.39 is 13.9 Å². The van der Waals surface area contributed by atoms with Crippen LogP contribution in [0.1, 0.15) is 70.3 Å². The first kappa shape index (κ1) is 24.9. The van der Waals surface area contributed by atoms with Crippen LogP contribution in [0.3, 0.4) is 0 Å². The van der Waals surface area contributed by atoms with Crippen molar-refractivity contribution in [3.05, 3.63) is 29.8 Å². The Kier molecular flexibility index (Phi) is 10.9. The van der Waals surface area contributed by atoms with Crippen molar-refractivity contribution in [3.63, 3.8) is 0 Å². The first-order chi connectivity index (χ1) is 14.4. The molecule has 0 spiro atoms. The van der Waals surface area contributed by atoms with Crippen LogP contribution in [0, 0.1) is 0 Å². The fourth-order valence-corrected chi connectivity index (χ4v) is 4.21. The highest BCUT2D eigenvalue weighted by Crippen LogP contribution is 2.39. The van der Waals surface area contributed by atoms with Crippen LogP contribution in [0.4, 0.5) is 0 Å². The van der Waals surface area contributed by atoms with Gasteiger partial charge in [-0.15, -0.1) is 0 Å². The van der Waals surface area contributed by atoms with Crippen molar-refractivity contribution in [1.82, 2.24) is 4.90 Å². The molecule has 8 heteroatoms. The molecule has 170 valence electrons. The largest absolute Gasteiger partial charge is 0.494 e. The van der Waals surface area contributed by atoms with Gasteiger partial charge in [0.05, 0.1) is 12.7 Å². The van der Waals surface area contributed by atoms with Crippen molar-refractivity contribution in [2.75, 3.05) is 19.7 Å². The number of phosphoric acid groups is 1. The average molecular weight is 442 g/mol. The highest BCUT2D eigenvalue weighted by molar-refractivity contribution is 7.46. The lowest BCUT2D eigenvalue weighted by molar-refractivity contribution is -0.130. The van der Waals surface area contributed by atoms with Crippen molar-refractivity contribution in [2.45, 2.75) is 77.2 Å². The maximum Gasteiger partial charge on any atom is 0.469 e. The third kappa shape index (κ3) is 10.1. The molecule has 0 bridgehead atoms. The van der Waals surface area contributed by atoms with Crippen LogP contribution < -0.4 is 4.74 Å². The summed E-state index contributed by atoms with van der Waals surface area (Å²) in [6.45, 7) is 3.66. The van der Waals surface area contributed by atoms with Crippen LogP contribution in [0.2, 0.25) is 0 Å². The SMILES string of the molecule is CCCCCCCCCOc1ccc(CCC(=O)N2CCC(OP(=O)(O)O)C2)cc1. The Morgan fingerprint density at radius 2 is 1.77 bits per heavy atom. The van der Waals surface area contributed by atoms with Crippen molar-refractivity contribution >= 4 is 13.7 Å². The van der Waals surface area contributed by atoms with Gasteiger partial charge in [0, 0.05) is 19.5 Å². The second-order valence-corrected chi connectivity index (χ2v) is 9.15. The molecule has 1 heterocycles. The Bertz CT molecular complexity index is 675. The molecule has 2 N–H and O–H groups in total. The standard InChI is InChI=1S/C22H36NO6P/c1-2-3-4-5-6-7-8-17-28-20-12-9-19(10-13-20)11-14-22(24)23-16-15-21(18-23)29-30(25,26)27/h9-10,12-13,21H,2-8,11,14-18H2,1H3,(H2,25,26,27). The highest BCUT2D eigenvalue weighted by atomic mass is 31.2. The fourth-order valence-electron chi connectivity index (χ4n) is 3.65. The Hall–Kier alpha value is -1.40. The molecular formula is C22H36NO6P. The summed E-state index contributed by atoms with van der Waals surface area (Å²) in [7, 11) is -4.51.